The molecule has 0 amide bonds. The minimum Gasteiger partial charge on any atom is -0.208 e. The van der Waals surface area contributed by atoms with Crippen molar-refractivity contribution in [1.29, 1.82) is 0 Å². The number of fused-ring (bicyclic) bond motifs is 2. The highest BCUT2D eigenvalue weighted by molar-refractivity contribution is 6.28. The molecular weight excluding hydrogens is 570 g/mol. The van der Waals surface area contributed by atoms with Crippen LogP contribution in [0.5, 0.6) is 0 Å². The Kier molecular flexibility index (Phi) is 6.86. The molecule has 4 heteroatoms. The molecule has 8 aromatic rings. The van der Waals surface area contributed by atoms with Crippen LogP contribution in [0.2, 0.25) is 5.28 Å². The lowest BCUT2D eigenvalue weighted by Gasteiger charge is -2.12. The second kappa shape index (κ2) is 11.5. The summed E-state index contributed by atoms with van der Waals surface area (Å²) < 4.78 is 0. The van der Waals surface area contributed by atoms with Gasteiger partial charge in [0.1, 0.15) is 0 Å². The highest BCUT2D eigenvalue weighted by Gasteiger charge is 2.13. The van der Waals surface area contributed by atoms with Gasteiger partial charge in [-0.05, 0) is 72.6 Å². The molecule has 1 aromatic heterocycles. The van der Waals surface area contributed by atoms with E-state index in [2.05, 4.69) is 137 Å². The van der Waals surface area contributed by atoms with E-state index in [1.54, 1.807) is 0 Å². The summed E-state index contributed by atoms with van der Waals surface area (Å²) in [5.41, 5.74) is 8.73. The molecule has 0 atom stereocenters. The molecule has 0 aliphatic heterocycles. The number of nitrogens with zero attached hydrogens (tertiary/aromatic N) is 3. The lowest BCUT2D eigenvalue weighted by molar-refractivity contribution is 1.07. The maximum absolute atomic E-state index is 6.49. The quantitative estimate of drug-likeness (QED) is 0.199. The summed E-state index contributed by atoms with van der Waals surface area (Å²) in [6, 6.07) is 54.9. The Morgan fingerprint density at radius 2 is 0.800 bits per heavy atom. The second-order valence-corrected chi connectivity index (χ2v) is 11.3. The first kappa shape index (κ1) is 26.9. The molecule has 0 aliphatic rings. The van der Waals surface area contributed by atoms with Gasteiger partial charge in [0.2, 0.25) is 5.28 Å². The average molecular weight is 596 g/mol. The summed E-state index contributed by atoms with van der Waals surface area (Å²) in [4.78, 5) is 13.9. The van der Waals surface area contributed by atoms with Crippen molar-refractivity contribution in [3.8, 4) is 56.2 Å². The standard InChI is InChI=1S/C41H26ClN3/c42-41-44-39(30-24-22-29(23-25-30)34-17-7-13-28-12-4-5-16-33(28)34)43-40(45-41)32-15-6-14-31(26-32)36-19-9-20-37-35(18-8-21-38(36)37)27-10-2-1-3-11-27/h1-26H. The maximum Gasteiger partial charge on any atom is 0.226 e. The van der Waals surface area contributed by atoms with Gasteiger partial charge in [0.25, 0.3) is 0 Å². The Morgan fingerprint density at radius 3 is 1.56 bits per heavy atom. The molecule has 3 nitrogen and oxygen atoms in total. The molecule has 0 saturated carbocycles. The van der Waals surface area contributed by atoms with Gasteiger partial charge in [-0.25, -0.2) is 4.98 Å². The zero-order chi connectivity index (χ0) is 30.2. The largest absolute Gasteiger partial charge is 0.226 e. The fourth-order valence-corrected chi connectivity index (χ4v) is 6.30. The summed E-state index contributed by atoms with van der Waals surface area (Å²) >= 11 is 6.49. The summed E-state index contributed by atoms with van der Waals surface area (Å²) in [5, 5.41) is 5.01. The van der Waals surface area contributed by atoms with Crippen molar-refractivity contribution in [3.05, 3.63) is 163 Å². The Morgan fingerprint density at radius 1 is 0.333 bits per heavy atom. The number of aromatic nitrogens is 3. The van der Waals surface area contributed by atoms with E-state index in [-0.39, 0.29) is 5.28 Å². The molecule has 8 rings (SSSR count). The molecule has 0 unspecified atom stereocenters. The fraction of sp³-hybridized carbons (Fsp3) is 0. The summed E-state index contributed by atoms with van der Waals surface area (Å²) in [7, 11) is 0. The average Bonchev–Trinajstić information content (AvgIpc) is 3.11. The van der Waals surface area contributed by atoms with Gasteiger partial charge in [-0.15, -0.1) is 0 Å². The van der Waals surface area contributed by atoms with E-state index >= 15 is 0 Å². The predicted octanol–water partition coefficient (Wildman–Crippen LogP) is 11.2. The van der Waals surface area contributed by atoms with Gasteiger partial charge >= 0.3 is 0 Å². The molecule has 7 aromatic carbocycles. The lowest BCUT2D eigenvalue weighted by atomic mass is 9.92. The first-order chi connectivity index (χ1) is 22.2. The third kappa shape index (κ3) is 5.14. The van der Waals surface area contributed by atoms with E-state index in [0.717, 1.165) is 27.8 Å². The number of benzene rings is 7. The third-order valence-electron chi connectivity index (χ3n) is 8.29. The van der Waals surface area contributed by atoms with Crippen LogP contribution in [0.1, 0.15) is 0 Å². The minimum absolute atomic E-state index is 0.163. The molecule has 0 fully saturated rings. The fourth-order valence-electron chi connectivity index (χ4n) is 6.14. The molecular formula is C41H26ClN3. The molecule has 0 N–H and O–H groups in total. The molecule has 0 radical (unpaired) electrons. The lowest BCUT2D eigenvalue weighted by Crippen LogP contribution is -1.97. The van der Waals surface area contributed by atoms with Crippen molar-refractivity contribution in [3.63, 3.8) is 0 Å². The van der Waals surface area contributed by atoms with Crippen molar-refractivity contribution < 1.29 is 0 Å². The van der Waals surface area contributed by atoms with Crippen LogP contribution in [0, 0.1) is 0 Å². The molecule has 0 bridgehead atoms. The van der Waals surface area contributed by atoms with Crippen molar-refractivity contribution in [2.45, 2.75) is 0 Å². The topological polar surface area (TPSA) is 38.7 Å². The van der Waals surface area contributed by atoms with E-state index in [0.29, 0.717) is 11.6 Å². The third-order valence-corrected chi connectivity index (χ3v) is 8.46. The van der Waals surface area contributed by atoms with Gasteiger partial charge in [-0.3, -0.25) is 0 Å². The Bertz CT molecular complexity index is 2320. The smallest absolute Gasteiger partial charge is 0.208 e. The minimum atomic E-state index is 0.163. The first-order valence-electron chi connectivity index (χ1n) is 14.9. The highest BCUT2D eigenvalue weighted by atomic mass is 35.5. The van der Waals surface area contributed by atoms with Crippen LogP contribution in [0.25, 0.3) is 77.7 Å². The summed E-state index contributed by atoms with van der Waals surface area (Å²) in [5.74, 6) is 1.08. The summed E-state index contributed by atoms with van der Waals surface area (Å²) in [6.07, 6.45) is 0. The molecule has 0 saturated heterocycles. The Labute approximate surface area is 266 Å². The molecule has 0 spiro atoms. The van der Waals surface area contributed by atoms with E-state index in [1.807, 2.05) is 30.3 Å². The predicted molar refractivity (Wildman–Crippen MR) is 187 cm³/mol. The maximum atomic E-state index is 6.49. The second-order valence-electron chi connectivity index (χ2n) is 11.0. The van der Waals surface area contributed by atoms with Gasteiger partial charge in [-0.1, -0.05) is 152 Å². The van der Waals surface area contributed by atoms with Gasteiger partial charge < -0.3 is 0 Å². The monoisotopic (exact) mass is 595 g/mol. The van der Waals surface area contributed by atoms with Crippen molar-refractivity contribution in [1.82, 2.24) is 15.0 Å². The molecule has 212 valence electrons. The Hall–Kier alpha value is -5.64. The number of hydrogen-bond acceptors (Lipinski definition) is 3. The van der Waals surface area contributed by atoms with Crippen LogP contribution in [-0.4, -0.2) is 15.0 Å². The van der Waals surface area contributed by atoms with E-state index in [1.165, 1.54) is 38.2 Å². The van der Waals surface area contributed by atoms with E-state index < -0.39 is 0 Å². The molecule has 1 heterocycles. The zero-order valence-electron chi connectivity index (χ0n) is 24.2. The van der Waals surface area contributed by atoms with Crippen molar-refractivity contribution in [2.75, 3.05) is 0 Å². The van der Waals surface area contributed by atoms with E-state index in [4.69, 9.17) is 16.6 Å². The summed E-state index contributed by atoms with van der Waals surface area (Å²) in [6.45, 7) is 0. The van der Waals surface area contributed by atoms with Crippen molar-refractivity contribution in [2.24, 2.45) is 0 Å². The number of hydrogen-bond donors (Lipinski definition) is 0. The first-order valence-corrected chi connectivity index (χ1v) is 15.3. The van der Waals surface area contributed by atoms with Crippen LogP contribution < -0.4 is 0 Å². The van der Waals surface area contributed by atoms with Gasteiger partial charge in [0.15, 0.2) is 11.6 Å². The van der Waals surface area contributed by atoms with Crippen LogP contribution in [0.4, 0.5) is 0 Å². The van der Waals surface area contributed by atoms with Crippen LogP contribution in [0.15, 0.2) is 158 Å². The van der Waals surface area contributed by atoms with Gasteiger partial charge in [-0.2, -0.15) is 9.97 Å². The van der Waals surface area contributed by atoms with Gasteiger partial charge in [0, 0.05) is 11.1 Å². The van der Waals surface area contributed by atoms with Crippen LogP contribution in [0.3, 0.4) is 0 Å². The number of halogens is 1. The number of rotatable bonds is 5. The van der Waals surface area contributed by atoms with Crippen molar-refractivity contribution >= 4 is 33.1 Å². The zero-order valence-corrected chi connectivity index (χ0v) is 25.0. The normalized spacial score (nSPS) is 11.2. The molecule has 45 heavy (non-hydrogen) atoms. The Balaban J connectivity index is 1.16. The highest BCUT2D eigenvalue weighted by Crippen LogP contribution is 2.36. The van der Waals surface area contributed by atoms with Crippen LogP contribution >= 0.6 is 11.6 Å². The van der Waals surface area contributed by atoms with Gasteiger partial charge in [0.05, 0.1) is 0 Å². The van der Waals surface area contributed by atoms with E-state index in [9.17, 15) is 0 Å². The SMILES string of the molecule is Clc1nc(-c2ccc(-c3cccc4ccccc34)cc2)nc(-c2cccc(-c3cccc4c(-c5ccccc5)cccc34)c2)n1. The van der Waals surface area contributed by atoms with Crippen LogP contribution in [-0.2, 0) is 0 Å². The molecule has 0 aliphatic carbocycles.